The van der Waals surface area contributed by atoms with Gasteiger partial charge in [-0.3, -0.25) is 14.9 Å². The Morgan fingerprint density at radius 3 is 1.44 bits per heavy atom. The number of aromatic nitrogens is 4. The number of pyridine rings is 4. The van der Waals surface area contributed by atoms with E-state index in [-0.39, 0.29) is 0 Å². The second-order valence-corrected chi connectivity index (χ2v) is 8.27. The first-order chi connectivity index (χ1) is 16.6. The molecule has 0 spiro atoms. The van der Waals surface area contributed by atoms with Gasteiger partial charge in [0.2, 0.25) is 0 Å². The number of benzene rings is 1. The Kier molecular flexibility index (Phi) is 5.83. The smallest absolute Gasteiger partial charge is 0.139 e. The summed E-state index contributed by atoms with van der Waals surface area (Å²) in [5.74, 6) is 1.56. The topological polar surface area (TPSA) is 54.8 Å². The average Bonchev–Trinajstić information content (AvgIpc) is 2.87. The molecule has 0 aliphatic rings. The van der Waals surface area contributed by atoms with Crippen molar-refractivity contribution in [1.29, 1.82) is 0 Å². The molecule has 1 aromatic carbocycles. The molecule has 5 heteroatoms. The molecular weight excluding hydrogens is 418 g/mol. The summed E-state index contributed by atoms with van der Waals surface area (Å²) in [4.78, 5) is 21.1. The quantitative estimate of drug-likeness (QED) is 0.293. The molecular formula is C29H25N5. The fraction of sp³-hybridized carbons (Fsp3) is 0.103. The predicted octanol–water partition coefficient (Wildman–Crippen LogP) is 7.00. The highest BCUT2D eigenvalue weighted by molar-refractivity contribution is 5.79. The summed E-state index contributed by atoms with van der Waals surface area (Å²) in [6.07, 6.45) is 3.57. The highest BCUT2D eigenvalue weighted by atomic mass is 15.2. The molecule has 0 bridgehead atoms. The van der Waals surface area contributed by atoms with Crippen molar-refractivity contribution in [3.8, 4) is 22.8 Å². The van der Waals surface area contributed by atoms with E-state index in [1.165, 1.54) is 5.56 Å². The number of rotatable bonds is 5. The van der Waals surface area contributed by atoms with Gasteiger partial charge in [-0.25, -0.2) is 9.97 Å². The molecule has 166 valence electrons. The summed E-state index contributed by atoms with van der Waals surface area (Å²) in [5.41, 5.74) is 7.90. The lowest BCUT2D eigenvalue weighted by Gasteiger charge is -2.27. The molecule has 0 aliphatic carbocycles. The molecule has 5 nitrogen and oxygen atoms in total. The van der Waals surface area contributed by atoms with E-state index >= 15 is 0 Å². The Balaban J connectivity index is 1.71. The zero-order valence-electron chi connectivity index (χ0n) is 19.5. The van der Waals surface area contributed by atoms with Crippen molar-refractivity contribution in [2.75, 3.05) is 4.90 Å². The summed E-state index contributed by atoms with van der Waals surface area (Å²) >= 11 is 0. The van der Waals surface area contributed by atoms with Crippen molar-refractivity contribution in [2.24, 2.45) is 0 Å². The van der Waals surface area contributed by atoms with Crippen molar-refractivity contribution in [1.82, 2.24) is 19.9 Å². The first-order valence-electron chi connectivity index (χ1n) is 11.2. The van der Waals surface area contributed by atoms with E-state index < -0.39 is 0 Å². The van der Waals surface area contributed by atoms with Crippen LogP contribution < -0.4 is 4.90 Å². The first-order valence-corrected chi connectivity index (χ1v) is 11.2. The molecule has 4 aromatic heterocycles. The van der Waals surface area contributed by atoms with Gasteiger partial charge in [-0.1, -0.05) is 42.0 Å². The number of hydrogen-bond donors (Lipinski definition) is 0. The van der Waals surface area contributed by atoms with Crippen LogP contribution in [0.25, 0.3) is 22.8 Å². The second-order valence-electron chi connectivity index (χ2n) is 8.27. The minimum absolute atomic E-state index is 0.781. The van der Waals surface area contributed by atoms with Crippen molar-refractivity contribution in [3.63, 3.8) is 0 Å². The molecule has 0 unspecified atom stereocenters. The molecule has 0 amide bonds. The summed E-state index contributed by atoms with van der Waals surface area (Å²) in [7, 11) is 0. The van der Waals surface area contributed by atoms with Crippen molar-refractivity contribution in [2.45, 2.75) is 20.8 Å². The van der Waals surface area contributed by atoms with Gasteiger partial charge in [-0.05, 0) is 80.4 Å². The Morgan fingerprint density at radius 2 is 1.00 bits per heavy atom. The monoisotopic (exact) mass is 443 g/mol. The highest BCUT2D eigenvalue weighted by Gasteiger charge is 2.21. The van der Waals surface area contributed by atoms with Crippen LogP contribution in [0, 0.1) is 20.8 Å². The van der Waals surface area contributed by atoms with Gasteiger partial charge in [0.15, 0.2) is 0 Å². The standard InChI is InChI=1S/C29H25N5/c1-20-18-21(2)29(22(3)19-20)34(27-14-8-12-25(32-27)23-10-4-6-16-30-23)28-15-9-13-26(33-28)24-11-5-7-17-31-24/h4-19H,1-3H3. The lowest BCUT2D eigenvalue weighted by molar-refractivity contribution is 1.09. The third-order valence-corrected chi connectivity index (χ3v) is 5.64. The summed E-state index contributed by atoms with van der Waals surface area (Å²) in [6, 6.07) is 28.1. The molecule has 0 saturated carbocycles. The minimum atomic E-state index is 0.781. The van der Waals surface area contributed by atoms with Crippen molar-refractivity contribution >= 4 is 17.3 Å². The number of aryl methyl sites for hydroxylation is 3. The van der Waals surface area contributed by atoms with Crippen LogP contribution in [0.5, 0.6) is 0 Å². The van der Waals surface area contributed by atoms with Crippen molar-refractivity contribution < 1.29 is 0 Å². The average molecular weight is 444 g/mol. The maximum Gasteiger partial charge on any atom is 0.139 e. The molecule has 0 atom stereocenters. The van der Waals surface area contributed by atoms with Gasteiger partial charge in [-0.2, -0.15) is 0 Å². The van der Waals surface area contributed by atoms with Gasteiger partial charge in [-0.15, -0.1) is 0 Å². The summed E-state index contributed by atoms with van der Waals surface area (Å²) in [6.45, 7) is 6.38. The predicted molar refractivity (Wildman–Crippen MR) is 137 cm³/mol. The Labute approximate surface area is 199 Å². The van der Waals surface area contributed by atoms with Crippen LogP contribution in [0.1, 0.15) is 16.7 Å². The lowest BCUT2D eigenvalue weighted by Crippen LogP contribution is -2.16. The molecule has 0 saturated heterocycles. The van der Waals surface area contributed by atoms with Crippen LogP contribution >= 0.6 is 0 Å². The first kappa shape index (κ1) is 21.5. The number of hydrogen-bond acceptors (Lipinski definition) is 5. The SMILES string of the molecule is Cc1cc(C)c(N(c2cccc(-c3ccccn3)n2)c2cccc(-c3ccccn3)n2)c(C)c1. The molecule has 4 heterocycles. The zero-order valence-corrected chi connectivity index (χ0v) is 19.5. The van der Waals surface area contributed by atoms with Gasteiger partial charge in [0.1, 0.15) is 11.6 Å². The Morgan fingerprint density at radius 1 is 0.529 bits per heavy atom. The van der Waals surface area contributed by atoms with E-state index in [0.717, 1.165) is 51.2 Å². The normalized spacial score (nSPS) is 10.8. The van der Waals surface area contributed by atoms with Crippen molar-refractivity contribution in [3.05, 3.63) is 114 Å². The minimum Gasteiger partial charge on any atom is -0.278 e. The third-order valence-electron chi connectivity index (χ3n) is 5.64. The fourth-order valence-corrected chi connectivity index (χ4v) is 4.28. The molecule has 0 radical (unpaired) electrons. The Bertz CT molecular complexity index is 1330. The molecule has 0 N–H and O–H groups in total. The third kappa shape index (κ3) is 4.28. The zero-order chi connectivity index (χ0) is 23.5. The number of nitrogens with zero attached hydrogens (tertiary/aromatic N) is 5. The molecule has 0 fully saturated rings. The largest absolute Gasteiger partial charge is 0.278 e. The second kappa shape index (κ2) is 9.24. The highest BCUT2D eigenvalue weighted by Crippen LogP contribution is 2.38. The molecule has 34 heavy (non-hydrogen) atoms. The van der Waals surface area contributed by atoms with E-state index in [2.05, 4.69) is 47.8 Å². The van der Waals surface area contributed by atoms with Gasteiger partial charge < -0.3 is 0 Å². The van der Waals surface area contributed by atoms with Crippen LogP contribution in [0.15, 0.2) is 97.3 Å². The van der Waals surface area contributed by atoms with Crippen LogP contribution in [0.3, 0.4) is 0 Å². The maximum atomic E-state index is 5.01. The molecule has 5 rings (SSSR count). The fourth-order valence-electron chi connectivity index (χ4n) is 4.28. The van der Waals surface area contributed by atoms with E-state index in [4.69, 9.17) is 9.97 Å². The van der Waals surface area contributed by atoms with Crippen LogP contribution in [-0.4, -0.2) is 19.9 Å². The summed E-state index contributed by atoms with van der Waals surface area (Å²) in [5, 5.41) is 0. The molecule has 5 aromatic rings. The Hall–Kier alpha value is -4.38. The van der Waals surface area contributed by atoms with Gasteiger partial charge in [0.25, 0.3) is 0 Å². The van der Waals surface area contributed by atoms with Gasteiger partial charge in [0.05, 0.1) is 28.5 Å². The summed E-state index contributed by atoms with van der Waals surface area (Å²) < 4.78 is 0. The van der Waals surface area contributed by atoms with Gasteiger partial charge >= 0.3 is 0 Å². The maximum absolute atomic E-state index is 5.01. The van der Waals surface area contributed by atoms with E-state index in [0.29, 0.717) is 0 Å². The van der Waals surface area contributed by atoms with Gasteiger partial charge in [0, 0.05) is 12.4 Å². The molecule has 0 aliphatic heterocycles. The van der Waals surface area contributed by atoms with E-state index in [9.17, 15) is 0 Å². The lowest BCUT2D eigenvalue weighted by atomic mass is 10.0. The van der Waals surface area contributed by atoms with Crippen LogP contribution in [0.4, 0.5) is 17.3 Å². The van der Waals surface area contributed by atoms with Crippen LogP contribution in [-0.2, 0) is 0 Å². The van der Waals surface area contributed by atoms with E-state index in [1.54, 1.807) is 12.4 Å². The van der Waals surface area contributed by atoms with Crippen LogP contribution in [0.2, 0.25) is 0 Å². The number of anilines is 3. The van der Waals surface area contributed by atoms with E-state index in [1.807, 2.05) is 72.8 Å².